The van der Waals surface area contributed by atoms with E-state index in [-0.39, 0.29) is 10.9 Å². The molecule has 6 heteroatoms. The SMILES string of the molecule is CC(C)(C)[Si](C)(C)Oc1ccc(NC(=O)c2ccc(-c3ccc(Cl)cc3)cc2)cc1N. The summed E-state index contributed by atoms with van der Waals surface area (Å²) in [7, 11) is -1.99. The molecule has 162 valence electrons. The van der Waals surface area contributed by atoms with Crippen molar-refractivity contribution in [2.24, 2.45) is 0 Å². The van der Waals surface area contributed by atoms with Crippen LogP contribution in [0.4, 0.5) is 11.4 Å². The van der Waals surface area contributed by atoms with Gasteiger partial charge in [0.2, 0.25) is 0 Å². The quantitative estimate of drug-likeness (QED) is 0.317. The molecular formula is C25H29ClN2O2Si. The van der Waals surface area contributed by atoms with Crippen LogP contribution in [0.2, 0.25) is 23.2 Å². The van der Waals surface area contributed by atoms with Crippen LogP contribution < -0.4 is 15.5 Å². The lowest BCUT2D eigenvalue weighted by Gasteiger charge is -2.36. The van der Waals surface area contributed by atoms with Crippen molar-refractivity contribution in [2.45, 2.75) is 38.9 Å². The molecule has 0 atom stereocenters. The molecule has 0 saturated carbocycles. The molecule has 3 rings (SSSR count). The van der Waals surface area contributed by atoms with E-state index in [1.165, 1.54) is 0 Å². The molecule has 0 heterocycles. The Morgan fingerprint density at radius 3 is 2.00 bits per heavy atom. The lowest BCUT2D eigenvalue weighted by Crippen LogP contribution is -2.44. The number of carbonyl (C=O) groups excluding carboxylic acids is 1. The molecule has 0 bridgehead atoms. The monoisotopic (exact) mass is 452 g/mol. The molecule has 0 aliphatic carbocycles. The highest BCUT2D eigenvalue weighted by Crippen LogP contribution is 2.39. The lowest BCUT2D eigenvalue weighted by atomic mass is 10.0. The number of amides is 1. The molecule has 0 saturated heterocycles. The second kappa shape index (κ2) is 8.77. The van der Waals surface area contributed by atoms with Gasteiger partial charge in [-0.25, -0.2) is 0 Å². The van der Waals surface area contributed by atoms with Gasteiger partial charge in [0.05, 0.1) is 5.69 Å². The molecule has 3 N–H and O–H groups in total. The molecule has 0 aliphatic rings. The zero-order valence-corrected chi connectivity index (χ0v) is 20.4. The van der Waals surface area contributed by atoms with E-state index in [9.17, 15) is 4.79 Å². The Hall–Kier alpha value is -2.76. The predicted molar refractivity (Wildman–Crippen MR) is 134 cm³/mol. The smallest absolute Gasteiger partial charge is 0.255 e. The molecule has 0 aliphatic heterocycles. The molecule has 3 aromatic carbocycles. The second-order valence-corrected chi connectivity index (χ2v) is 14.3. The summed E-state index contributed by atoms with van der Waals surface area (Å²) in [6, 6.07) is 20.4. The summed E-state index contributed by atoms with van der Waals surface area (Å²) in [6.07, 6.45) is 0. The molecule has 4 nitrogen and oxygen atoms in total. The molecular weight excluding hydrogens is 424 g/mol. The highest BCUT2D eigenvalue weighted by Gasteiger charge is 2.39. The van der Waals surface area contributed by atoms with E-state index < -0.39 is 8.32 Å². The minimum absolute atomic E-state index is 0.0739. The van der Waals surface area contributed by atoms with Gasteiger partial charge in [0.1, 0.15) is 5.75 Å². The number of halogens is 1. The standard InChI is InChI=1S/C25H29ClN2O2Si/c1-25(2,3)31(4,5)30-23-15-14-21(16-22(23)27)28-24(29)19-8-6-17(7-9-19)18-10-12-20(26)13-11-18/h6-16H,27H2,1-5H3,(H,28,29). The molecule has 0 radical (unpaired) electrons. The first kappa shape index (κ1) is 22.9. The first-order chi connectivity index (χ1) is 14.5. The van der Waals surface area contributed by atoms with Crippen LogP contribution in [0.1, 0.15) is 31.1 Å². The first-order valence-electron chi connectivity index (χ1n) is 10.2. The number of hydrogen-bond donors (Lipinski definition) is 2. The van der Waals surface area contributed by atoms with Gasteiger partial charge in [0, 0.05) is 16.3 Å². The topological polar surface area (TPSA) is 64.3 Å². The van der Waals surface area contributed by atoms with E-state index in [4.69, 9.17) is 21.8 Å². The first-order valence-corrected chi connectivity index (χ1v) is 13.5. The number of hydrogen-bond acceptors (Lipinski definition) is 3. The van der Waals surface area contributed by atoms with Crippen molar-refractivity contribution >= 4 is 37.2 Å². The van der Waals surface area contributed by atoms with Gasteiger partial charge < -0.3 is 15.5 Å². The lowest BCUT2D eigenvalue weighted by molar-refractivity contribution is 0.102. The zero-order valence-electron chi connectivity index (χ0n) is 18.6. The Bertz CT molecular complexity index is 1070. The van der Waals surface area contributed by atoms with Gasteiger partial charge in [-0.05, 0) is 71.7 Å². The Morgan fingerprint density at radius 2 is 1.48 bits per heavy atom. The summed E-state index contributed by atoms with van der Waals surface area (Å²) in [5.41, 5.74) is 9.99. The number of nitrogens with two attached hydrogens (primary N) is 1. The van der Waals surface area contributed by atoms with E-state index >= 15 is 0 Å². The van der Waals surface area contributed by atoms with Gasteiger partial charge in [-0.3, -0.25) is 4.79 Å². The van der Waals surface area contributed by atoms with E-state index in [1.54, 1.807) is 18.2 Å². The van der Waals surface area contributed by atoms with Crippen LogP contribution in [0.15, 0.2) is 66.7 Å². The van der Waals surface area contributed by atoms with Crippen molar-refractivity contribution in [1.82, 2.24) is 0 Å². The van der Waals surface area contributed by atoms with Gasteiger partial charge in [0.15, 0.2) is 0 Å². The van der Waals surface area contributed by atoms with E-state index in [0.717, 1.165) is 11.1 Å². The molecule has 1 amide bonds. The van der Waals surface area contributed by atoms with E-state index in [1.807, 2.05) is 48.5 Å². The van der Waals surface area contributed by atoms with Gasteiger partial charge >= 0.3 is 0 Å². The fraction of sp³-hybridized carbons (Fsp3) is 0.240. The number of benzene rings is 3. The minimum Gasteiger partial charge on any atom is -0.542 e. The van der Waals surface area contributed by atoms with Crippen molar-refractivity contribution in [3.63, 3.8) is 0 Å². The highest BCUT2D eigenvalue weighted by molar-refractivity contribution is 6.74. The maximum atomic E-state index is 12.7. The Kier molecular flexibility index (Phi) is 6.48. The van der Waals surface area contributed by atoms with Crippen molar-refractivity contribution in [2.75, 3.05) is 11.1 Å². The fourth-order valence-corrected chi connectivity index (χ4v) is 3.97. The predicted octanol–water partition coefficient (Wildman–Crippen LogP) is 7.23. The van der Waals surface area contributed by atoms with Crippen LogP contribution in [0.25, 0.3) is 11.1 Å². The summed E-state index contributed by atoms with van der Waals surface area (Å²) in [4.78, 5) is 12.7. The molecule has 3 aromatic rings. The zero-order chi connectivity index (χ0) is 22.8. The normalized spacial score (nSPS) is 11.8. The van der Waals surface area contributed by atoms with Crippen molar-refractivity contribution in [1.29, 1.82) is 0 Å². The maximum Gasteiger partial charge on any atom is 0.255 e. The number of carbonyl (C=O) groups is 1. The summed E-state index contributed by atoms with van der Waals surface area (Å²) in [5, 5.41) is 3.67. The number of anilines is 2. The molecule has 0 spiro atoms. The average Bonchev–Trinajstić information content (AvgIpc) is 2.70. The van der Waals surface area contributed by atoms with Crippen LogP contribution in [0.5, 0.6) is 5.75 Å². The van der Waals surface area contributed by atoms with Crippen LogP contribution in [0.3, 0.4) is 0 Å². The van der Waals surface area contributed by atoms with Gasteiger partial charge in [-0.15, -0.1) is 0 Å². The third-order valence-corrected chi connectivity index (χ3v) is 10.4. The highest BCUT2D eigenvalue weighted by atomic mass is 35.5. The molecule has 0 aromatic heterocycles. The van der Waals surface area contributed by atoms with Crippen LogP contribution in [0, 0.1) is 0 Å². The van der Waals surface area contributed by atoms with Gasteiger partial charge in [0.25, 0.3) is 14.2 Å². The van der Waals surface area contributed by atoms with Crippen molar-refractivity contribution in [3.05, 3.63) is 77.3 Å². The third-order valence-electron chi connectivity index (χ3n) is 5.76. The van der Waals surface area contributed by atoms with Crippen molar-refractivity contribution < 1.29 is 9.22 Å². The Balaban J connectivity index is 1.70. The molecule has 31 heavy (non-hydrogen) atoms. The van der Waals surface area contributed by atoms with Crippen molar-refractivity contribution in [3.8, 4) is 16.9 Å². The van der Waals surface area contributed by atoms with Crippen LogP contribution >= 0.6 is 11.6 Å². The summed E-state index contributed by atoms with van der Waals surface area (Å²) in [6.45, 7) is 10.9. The minimum atomic E-state index is -1.99. The molecule has 0 unspecified atom stereocenters. The second-order valence-electron chi connectivity index (χ2n) is 9.15. The van der Waals surface area contributed by atoms with Gasteiger partial charge in [-0.2, -0.15) is 0 Å². The van der Waals surface area contributed by atoms with E-state index in [0.29, 0.717) is 27.7 Å². The van der Waals surface area contributed by atoms with Gasteiger partial charge in [-0.1, -0.05) is 56.6 Å². The van der Waals surface area contributed by atoms with Crippen LogP contribution in [-0.2, 0) is 0 Å². The van der Waals surface area contributed by atoms with Crippen LogP contribution in [-0.4, -0.2) is 14.2 Å². The maximum absolute atomic E-state index is 12.7. The number of rotatable bonds is 5. The summed E-state index contributed by atoms with van der Waals surface area (Å²) >= 11 is 5.95. The third kappa shape index (κ3) is 5.49. The molecule has 0 fully saturated rings. The summed E-state index contributed by atoms with van der Waals surface area (Å²) < 4.78 is 6.30. The van der Waals surface area contributed by atoms with E-state index in [2.05, 4.69) is 39.2 Å². The largest absolute Gasteiger partial charge is 0.542 e. The Labute approximate surface area is 190 Å². The summed E-state index contributed by atoms with van der Waals surface area (Å²) in [5.74, 6) is 0.469. The Morgan fingerprint density at radius 1 is 0.935 bits per heavy atom. The number of nitrogens with one attached hydrogen (secondary N) is 1. The average molecular weight is 453 g/mol. The number of nitrogen functional groups attached to an aromatic ring is 1. The fourth-order valence-electron chi connectivity index (χ4n) is 2.81.